The molecule has 6 heteroatoms. The summed E-state index contributed by atoms with van der Waals surface area (Å²) in [4.78, 5) is 17.9. The van der Waals surface area contributed by atoms with Gasteiger partial charge in [-0.1, -0.05) is 47.6 Å². The van der Waals surface area contributed by atoms with Gasteiger partial charge < -0.3 is 10.2 Å². The number of benzene rings is 2. The van der Waals surface area contributed by atoms with Gasteiger partial charge in [-0.2, -0.15) is 5.10 Å². The Balaban J connectivity index is 1.81. The van der Waals surface area contributed by atoms with Crippen LogP contribution in [0.3, 0.4) is 0 Å². The van der Waals surface area contributed by atoms with Crippen LogP contribution in [0.25, 0.3) is 11.1 Å². The van der Waals surface area contributed by atoms with Gasteiger partial charge in [0.25, 0.3) is 5.91 Å². The molecule has 0 fully saturated rings. The van der Waals surface area contributed by atoms with Gasteiger partial charge in [-0.15, -0.1) is 0 Å². The van der Waals surface area contributed by atoms with Crippen LogP contribution in [0.4, 0.5) is 5.69 Å². The first kappa shape index (κ1) is 19.4. The molecule has 0 aliphatic rings. The summed E-state index contributed by atoms with van der Waals surface area (Å²) >= 11 is 0. The van der Waals surface area contributed by atoms with E-state index in [0.717, 1.165) is 22.4 Å². The van der Waals surface area contributed by atoms with Gasteiger partial charge in [-0.3, -0.25) is 9.48 Å². The molecule has 0 atom stereocenters. The zero-order valence-corrected chi connectivity index (χ0v) is 16.5. The van der Waals surface area contributed by atoms with E-state index in [1.807, 2.05) is 69.3 Å². The summed E-state index contributed by atoms with van der Waals surface area (Å²) in [5, 5.41) is 11.2. The van der Waals surface area contributed by atoms with E-state index in [4.69, 9.17) is 4.84 Å². The highest BCUT2D eigenvalue weighted by Crippen LogP contribution is 2.28. The van der Waals surface area contributed by atoms with Gasteiger partial charge in [0.05, 0.1) is 17.5 Å². The first-order valence-corrected chi connectivity index (χ1v) is 9.14. The van der Waals surface area contributed by atoms with E-state index in [1.54, 1.807) is 24.1 Å². The predicted octanol–water partition coefficient (Wildman–Crippen LogP) is 4.41. The Labute approximate surface area is 164 Å². The Hall–Kier alpha value is -3.41. The monoisotopic (exact) mass is 376 g/mol. The van der Waals surface area contributed by atoms with Crippen LogP contribution in [-0.4, -0.2) is 28.0 Å². The number of aromatic nitrogens is 2. The van der Waals surface area contributed by atoms with Crippen molar-refractivity contribution in [3.05, 3.63) is 71.5 Å². The zero-order valence-electron chi connectivity index (χ0n) is 16.5. The number of aryl methyl sites for hydroxylation is 2. The van der Waals surface area contributed by atoms with Gasteiger partial charge >= 0.3 is 0 Å². The highest BCUT2D eigenvalue weighted by atomic mass is 16.6. The van der Waals surface area contributed by atoms with Crippen molar-refractivity contribution in [2.75, 3.05) is 5.32 Å². The third-order valence-electron chi connectivity index (χ3n) is 4.13. The molecular formula is C22H24N4O2. The molecule has 3 rings (SSSR count). The van der Waals surface area contributed by atoms with Crippen molar-refractivity contribution in [1.82, 2.24) is 9.78 Å². The van der Waals surface area contributed by atoms with Crippen molar-refractivity contribution in [2.45, 2.75) is 26.9 Å². The standard InChI is InChI=1S/C22H24N4O2/c1-15(2)28-23-13-17-9-11-18(12-10-17)19-7-5-6-8-21(19)24-22(27)20-14-26(4)25-16(20)3/h5-15H,1-4H3,(H,24,27). The van der Waals surface area contributed by atoms with Crippen molar-refractivity contribution >= 4 is 17.8 Å². The van der Waals surface area contributed by atoms with Gasteiger partial charge in [0.1, 0.15) is 6.10 Å². The normalized spacial score (nSPS) is 11.2. The summed E-state index contributed by atoms with van der Waals surface area (Å²) in [5.74, 6) is -0.173. The average molecular weight is 376 g/mol. The fourth-order valence-corrected chi connectivity index (χ4v) is 2.82. The summed E-state index contributed by atoms with van der Waals surface area (Å²) in [6, 6.07) is 15.7. The second kappa shape index (κ2) is 8.52. The Bertz CT molecular complexity index is 988. The van der Waals surface area contributed by atoms with Crippen LogP contribution in [0.1, 0.15) is 35.5 Å². The number of hydrogen-bond acceptors (Lipinski definition) is 4. The first-order chi connectivity index (χ1) is 13.4. The molecule has 0 aliphatic carbocycles. The molecule has 0 saturated heterocycles. The molecule has 2 aromatic carbocycles. The number of nitrogens with zero attached hydrogens (tertiary/aromatic N) is 3. The maximum atomic E-state index is 12.7. The Morgan fingerprint density at radius 1 is 1.18 bits per heavy atom. The molecule has 144 valence electrons. The van der Waals surface area contributed by atoms with Crippen LogP contribution in [0.5, 0.6) is 0 Å². The first-order valence-electron chi connectivity index (χ1n) is 9.14. The van der Waals surface area contributed by atoms with Crippen LogP contribution in [0.2, 0.25) is 0 Å². The summed E-state index contributed by atoms with van der Waals surface area (Å²) in [5.41, 5.74) is 4.90. The van der Waals surface area contributed by atoms with Crippen molar-refractivity contribution in [3.63, 3.8) is 0 Å². The van der Waals surface area contributed by atoms with Crippen LogP contribution in [-0.2, 0) is 11.9 Å². The molecule has 0 radical (unpaired) electrons. The topological polar surface area (TPSA) is 68.5 Å². The highest BCUT2D eigenvalue weighted by Gasteiger charge is 2.14. The molecular weight excluding hydrogens is 352 g/mol. The minimum Gasteiger partial charge on any atom is -0.393 e. The maximum absolute atomic E-state index is 12.7. The van der Waals surface area contributed by atoms with E-state index < -0.39 is 0 Å². The smallest absolute Gasteiger partial charge is 0.259 e. The molecule has 0 spiro atoms. The summed E-state index contributed by atoms with van der Waals surface area (Å²) in [6.45, 7) is 5.68. The van der Waals surface area contributed by atoms with Crippen molar-refractivity contribution in [1.29, 1.82) is 0 Å². The van der Waals surface area contributed by atoms with Gasteiger partial charge in [0, 0.05) is 24.5 Å². The van der Waals surface area contributed by atoms with Crippen LogP contribution in [0, 0.1) is 6.92 Å². The lowest BCUT2D eigenvalue weighted by atomic mass is 10.0. The van der Waals surface area contributed by atoms with E-state index in [0.29, 0.717) is 11.3 Å². The number of nitrogens with one attached hydrogen (secondary N) is 1. The van der Waals surface area contributed by atoms with Gasteiger partial charge in [0.2, 0.25) is 0 Å². The number of hydrogen-bond donors (Lipinski definition) is 1. The maximum Gasteiger partial charge on any atom is 0.259 e. The number of carbonyl (C=O) groups excluding carboxylic acids is 1. The zero-order chi connectivity index (χ0) is 20.1. The Morgan fingerprint density at radius 3 is 2.54 bits per heavy atom. The molecule has 1 N–H and O–H groups in total. The molecule has 1 aromatic heterocycles. The second-order valence-corrected chi connectivity index (χ2v) is 6.81. The molecule has 0 saturated carbocycles. The number of para-hydroxylation sites is 1. The minimum absolute atomic E-state index is 0.0504. The van der Waals surface area contributed by atoms with E-state index in [9.17, 15) is 4.79 Å². The van der Waals surface area contributed by atoms with Crippen molar-refractivity contribution in [2.24, 2.45) is 12.2 Å². The molecule has 1 heterocycles. The van der Waals surface area contributed by atoms with E-state index in [1.165, 1.54) is 0 Å². The van der Waals surface area contributed by atoms with Crippen molar-refractivity contribution in [3.8, 4) is 11.1 Å². The lowest BCUT2D eigenvalue weighted by Crippen LogP contribution is -2.13. The summed E-state index contributed by atoms with van der Waals surface area (Å²) < 4.78 is 1.64. The average Bonchev–Trinajstić information content (AvgIpc) is 3.01. The van der Waals surface area contributed by atoms with Crippen LogP contribution in [0.15, 0.2) is 59.9 Å². The van der Waals surface area contributed by atoms with Crippen molar-refractivity contribution < 1.29 is 9.63 Å². The molecule has 6 nitrogen and oxygen atoms in total. The fourth-order valence-electron chi connectivity index (χ4n) is 2.82. The van der Waals surface area contributed by atoms with Gasteiger partial charge in [0.15, 0.2) is 0 Å². The number of anilines is 1. The molecule has 0 unspecified atom stereocenters. The predicted molar refractivity (Wildman–Crippen MR) is 112 cm³/mol. The Kier molecular flexibility index (Phi) is 5.89. The largest absolute Gasteiger partial charge is 0.393 e. The number of carbonyl (C=O) groups is 1. The van der Waals surface area contributed by atoms with E-state index in [2.05, 4.69) is 15.6 Å². The van der Waals surface area contributed by atoms with Gasteiger partial charge in [-0.05, 0) is 38.0 Å². The molecule has 1 amide bonds. The van der Waals surface area contributed by atoms with Gasteiger partial charge in [-0.25, -0.2) is 0 Å². The number of amides is 1. The quantitative estimate of drug-likeness (QED) is 0.512. The Morgan fingerprint density at radius 2 is 1.89 bits per heavy atom. The third kappa shape index (κ3) is 4.65. The lowest BCUT2D eigenvalue weighted by Gasteiger charge is -2.11. The highest BCUT2D eigenvalue weighted by molar-refractivity contribution is 6.06. The molecule has 3 aromatic rings. The van der Waals surface area contributed by atoms with E-state index >= 15 is 0 Å². The molecule has 28 heavy (non-hydrogen) atoms. The second-order valence-electron chi connectivity index (χ2n) is 6.81. The minimum atomic E-state index is -0.173. The van der Waals surface area contributed by atoms with Crippen LogP contribution < -0.4 is 5.32 Å². The summed E-state index contributed by atoms with van der Waals surface area (Å²) in [7, 11) is 1.80. The van der Waals surface area contributed by atoms with E-state index in [-0.39, 0.29) is 12.0 Å². The molecule has 0 aliphatic heterocycles. The lowest BCUT2D eigenvalue weighted by molar-refractivity contribution is 0.0873. The summed E-state index contributed by atoms with van der Waals surface area (Å²) in [6.07, 6.45) is 3.46. The van der Waals surface area contributed by atoms with Crippen LogP contribution >= 0.6 is 0 Å². The third-order valence-corrected chi connectivity index (χ3v) is 4.13. The molecule has 0 bridgehead atoms. The number of oxime groups is 1. The SMILES string of the molecule is Cc1nn(C)cc1C(=O)Nc1ccccc1-c1ccc(C=NOC(C)C)cc1. The fraction of sp³-hybridized carbons (Fsp3) is 0.227. The number of rotatable bonds is 6.